The summed E-state index contributed by atoms with van der Waals surface area (Å²) in [7, 11) is 0. The SMILES string of the molecule is CC(=O)Oc1cccc(C(=O)NCc2cccc(NC(=O)CC#N)c2)c1. The van der Waals surface area contributed by atoms with Gasteiger partial charge in [-0.05, 0) is 35.9 Å². The molecule has 7 nitrogen and oxygen atoms in total. The summed E-state index contributed by atoms with van der Waals surface area (Å²) in [5.74, 6) is -0.876. The van der Waals surface area contributed by atoms with Crippen LogP contribution in [-0.4, -0.2) is 17.8 Å². The average Bonchev–Trinajstić information content (AvgIpc) is 2.60. The Morgan fingerprint density at radius 2 is 1.88 bits per heavy atom. The van der Waals surface area contributed by atoms with Crippen molar-refractivity contribution in [3.8, 4) is 11.8 Å². The van der Waals surface area contributed by atoms with Crippen LogP contribution in [0.1, 0.15) is 29.3 Å². The molecule has 26 heavy (non-hydrogen) atoms. The molecule has 0 bridgehead atoms. The monoisotopic (exact) mass is 351 g/mol. The molecule has 132 valence electrons. The highest BCUT2D eigenvalue weighted by molar-refractivity contribution is 5.95. The molecule has 2 aromatic rings. The van der Waals surface area contributed by atoms with Gasteiger partial charge in [-0.1, -0.05) is 18.2 Å². The van der Waals surface area contributed by atoms with Crippen molar-refractivity contribution in [1.82, 2.24) is 5.32 Å². The normalized spacial score (nSPS) is 9.69. The summed E-state index contributed by atoms with van der Waals surface area (Å²) in [5.41, 5.74) is 1.69. The molecule has 0 aliphatic carbocycles. The largest absolute Gasteiger partial charge is 0.427 e. The highest BCUT2D eigenvalue weighted by atomic mass is 16.5. The van der Waals surface area contributed by atoms with Crippen LogP contribution in [-0.2, 0) is 16.1 Å². The second-order valence-electron chi connectivity index (χ2n) is 5.39. The van der Waals surface area contributed by atoms with Gasteiger partial charge in [0.15, 0.2) is 0 Å². The number of carbonyl (C=O) groups excluding carboxylic acids is 3. The van der Waals surface area contributed by atoms with Crippen LogP contribution in [0.25, 0.3) is 0 Å². The Hall–Kier alpha value is -3.66. The van der Waals surface area contributed by atoms with Crippen LogP contribution in [0.15, 0.2) is 48.5 Å². The number of amides is 2. The van der Waals surface area contributed by atoms with Crippen molar-refractivity contribution in [2.24, 2.45) is 0 Å². The second-order valence-corrected chi connectivity index (χ2v) is 5.39. The lowest BCUT2D eigenvalue weighted by Gasteiger charge is -2.09. The summed E-state index contributed by atoms with van der Waals surface area (Å²) >= 11 is 0. The Labute approximate surface area is 150 Å². The van der Waals surface area contributed by atoms with Crippen LogP contribution in [0.5, 0.6) is 5.75 Å². The Kier molecular flexibility index (Phi) is 6.46. The van der Waals surface area contributed by atoms with Gasteiger partial charge < -0.3 is 15.4 Å². The van der Waals surface area contributed by atoms with Crippen molar-refractivity contribution in [1.29, 1.82) is 5.26 Å². The van der Waals surface area contributed by atoms with E-state index in [2.05, 4.69) is 10.6 Å². The van der Waals surface area contributed by atoms with E-state index in [1.807, 2.05) is 0 Å². The van der Waals surface area contributed by atoms with E-state index in [0.29, 0.717) is 17.0 Å². The number of rotatable bonds is 6. The summed E-state index contributed by atoms with van der Waals surface area (Å²) < 4.78 is 4.96. The number of hydrogen-bond donors (Lipinski definition) is 2. The molecule has 0 unspecified atom stereocenters. The van der Waals surface area contributed by atoms with Gasteiger partial charge in [-0.25, -0.2) is 0 Å². The average molecular weight is 351 g/mol. The molecular weight excluding hydrogens is 334 g/mol. The van der Waals surface area contributed by atoms with Crippen molar-refractivity contribution in [2.75, 3.05) is 5.32 Å². The van der Waals surface area contributed by atoms with Gasteiger partial charge in [0.25, 0.3) is 5.91 Å². The third-order valence-electron chi connectivity index (χ3n) is 3.26. The first-order valence-electron chi connectivity index (χ1n) is 7.80. The zero-order valence-corrected chi connectivity index (χ0v) is 14.1. The van der Waals surface area contributed by atoms with Gasteiger partial charge in [0.2, 0.25) is 5.91 Å². The van der Waals surface area contributed by atoms with Gasteiger partial charge in [0.05, 0.1) is 6.07 Å². The van der Waals surface area contributed by atoms with Gasteiger partial charge in [-0.2, -0.15) is 5.26 Å². The zero-order chi connectivity index (χ0) is 18.9. The molecule has 7 heteroatoms. The molecule has 0 aliphatic rings. The molecule has 0 fully saturated rings. The van der Waals surface area contributed by atoms with Gasteiger partial charge in [0.1, 0.15) is 12.2 Å². The van der Waals surface area contributed by atoms with Gasteiger partial charge >= 0.3 is 5.97 Å². The third-order valence-corrected chi connectivity index (χ3v) is 3.26. The summed E-state index contributed by atoms with van der Waals surface area (Å²) in [5, 5.41) is 13.9. The smallest absolute Gasteiger partial charge is 0.308 e. The predicted octanol–water partition coefficient (Wildman–Crippen LogP) is 2.39. The topological polar surface area (TPSA) is 108 Å². The Bertz CT molecular complexity index is 871. The number of benzene rings is 2. The molecule has 0 radical (unpaired) electrons. The summed E-state index contributed by atoms with van der Waals surface area (Å²) in [6.07, 6.45) is -0.223. The maximum absolute atomic E-state index is 12.2. The van der Waals surface area contributed by atoms with Crippen LogP contribution in [0.2, 0.25) is 0 Å². The van der Waals surface area contributed by atoms with Gasteiger partial charge in [0, 0.05) is 24.7 Å². The highest BCUT2D eigenvalue weighted by Gasteiger charge is 2.08. The van der Waals surface area contributed by atoms with E-state index in [1.165, 1.54) is 13.0 Å². The summed E-state index contributed by atoms with van der Waals surface area (Å²) in [6.45, 7) is 1.54. The molecule has 2 aromatic carbocycles. The van der Waals surface area contributed by atoms with Gasteiger partial charge in [-0.3, -0.25) is 14.4 Å². The fourth-order valence-corrected chi connectivity index (χ4v) is 2.19. The maximum Gasteiger partial charge on any atom is 0.308 e. The van der Waals surface area contributed by atoms with Crippen LogP contribution in [0, 0.1) is 11.3 Å². The molecular formula is C19H17N3O4. The van der Waals surface area contributed by atoms with E-state index in [4.69, 9.17) is 10.00 Å². The van der Waals surface area contributed by atoms with E-state index >= 15 is 0 Å². The van der Waals surface area contributed by atoms with Crippen LogP contribution in [0.3, 0.4) is 0 Å². The first kappa shape index (κ1) is 18.7. The first-order valence-corrected chi connectivity index (χ1v) is 7.80. The van der Waals surface area contributed by atoms with Crippen LogP contribution < -0.4 is 15.4 Å². The van der Waals surface area contributed by atoms with Crippen molar-refractivity contribution in [2.45, 2.75) is 19.9 Å². The second kappa shape index (κ2) is 8.99. The van der Waals surface area contributed by atoms with Gasteiger partial charge in [-0.15, -0.1) is 0 Å². The lowest BCUT2D eigenvalue weighted by molar-refractivity contribution is -0.131. The van der Waals surface area contributed by atoms with Crippen molar-refractivity contribution in [3.05, 3.63) is 59.7 Å². The number of ether oxygens (including phenoxy) is 1. The minimum atomic E-state index is -0.460. The molecule has 0 aliphatic heterocycles. The number of nitrogens with one attached hydrogen (secondary N) is 2. The zero-order valence-electron chi connectivity index (χ0n) is 14.1. The fraction of sp³-hybridized carbons (Fsp3) is 0.158. The lowest BCUT2D eigenvalue weighted by atomic mass is 10.1. The number of nitrogens with zero attached hydrogens (tertiary/aromatic N) is 1. The number of anilines is 1. The van der Waals surface area contributed by atoms with E-state index in [1.54, 1.807) is 48.5 Å². The number of nitriles is 1. The number of esters is 1. The molecule has 2 N–H and O–H groups in total. The molecule has 0 heterocycles. The standard InChI is InChI=1S/C19H17N3O4/c1-13(23)26-17-7-3-5-15(11-17)19(25)21-12-14-4-2-6-16(10-14)22-18(24)8-9-20/h2-7,10-11H,8,12H2,1H3,(H,21,25)(H,22,24). The minimum Gasteiger partial charge on any atom is -0.427 e. The molecule has 2 rings (SSSR count). The van der Waals surface area contributed by atoms with E-state index in [-0.39, 0.29) is 18.9 Å². The Morgan fingerprint density at radius 3 is 2.62 bits per heavy atom. The van der Waals surface area contributed by atoms with Crippen molar-refractivity contribution < 1.29 is 19.1 Å². The van der Waals surface area contributed by atoms with E-state index < -0.39 is 11.9 Å². The van der Waals surface area contributed by atoms with Crippen LogP contribution >= 0.6 is 0 Å². The number of carbonyl (C=O) groups is 3. The third kappa shape index (κ3) is 5.76. The molecule has 0 saturated carbocycles. The summed E-state index contributed by atoms with van der Waals surface area (Å²) in [4.78, 5) is 34.7. The first-order chi connectivity index (χ1) is 12.5. The van der Waals surface area contributed by atoms with Crippen molar-refractivity contribution in [3.63, 3.8) is 0 Å². The van der Waals surface area contributed by atoms with Crippen LogP contribution in [0.4, 0.5) is 5.69 Å². The summed E-state index contributed by atoms with van der Waals surface area (Å²) in [6, 6.07) is 15.0. The highest BCUT2D eigenvalue weighted by Crippen LogP contribution is 2.14. The molecule has 2 amide bonds. The number of hydrogen-bond acceptors (Lipinski definition) is 5. The molecule has 0 aromatic heterocycles. The maximum atomic E-state index is 12.2. The van der Waals surface area contributed by atoms with Crippen molar-refractivity contribution >= 4 is 23.5 Å². The molecule has 0 saturated heterocycles. The fourth-order valence-electron chi connectivity index (χ4n) is 2.19. The molecule has 0 spiro atoms. The minimum absolute atomic E-state index is 0.223. The lowest BCUT2D eigenvalue weighted by Crippen LogP contribution is -2.23. The van der Waals surface area contributed by atoms with E-state index in [9.17, 15) is 14.4 Å². The Balaban J connectivity index is 1.98. The molecule has 0 atom stereocenters. The quantitative estimate of drug-likeness (QED) is 0.614. The predicted molar refractivity (Wildman–Crippen MR) is 94.2 cm³/mol. The Morgan fingerprint density at radius 1 is 1.12 bits per heavy atom. The van der Waals surface area contributed by atoms with E-state index in [0.717, 1.165) is 5.56 Å².